The van der Waals surface area contributed by atoms with Gasteiger partial charge in [-0.15, -0.1) is 0 Å². The monoisotopic (exact) mass is 316 g/mol. The maximum absolute atomic E-state index is 10.6. The van der Waals surface area contributed by atoms with E-state index >= 15 is 0 Å². The number of aliphatic imine (C=N–C) groups is 1. The van der Waals surface area contributed by atoms with Gasteiger partial charge < -0.3 is 10.6 Å². The van der Waals surface area contributed by atoms with Gasteiger partial charge in [0, 0.05) is 32.3 Å². The number of hydrogen-bond donors (Lipinski definition) is 2. The van der Waals surface area contributed by atoms with Crippen molar-refractivity contribution < 1.29 is 4.92 Å². The summed E-state index contributed by atoms with van der Waals surface area (Å²) in [5.41, 5.74) is 2.63. The molecule has 0 saturated carbocycles. The second-order valence-electron chi connectivity index (χ2n) is 5.63. The summed E-state index contributed by atoms with van der Waals surface area (Å²) < 4.78 is 0. The minimum absolute atomic E-state index is 0.108. The van der Waals surface area contributed by atoms with Gasteiger partial charge in [0.15, 0.2) is 5.96 Å². The van der Waals surface area contributed by atoms with Crippen LogP contribution in [0.4, 0.5) is 5.69 Å². The van der Waals surface area contributed by atoms with Crippen LogP contribution in [0.15, 0.2) is 40.9 Å². The maximum atomic E-state index is 10.6. The Morgan fingerprint density at radius 2 is 2.04 bits per heavy atom. The number of nitrogens with one attached hydrogen (secondary N) is 2. The molecule has 0 spiro atoms. The Bertz CT molecular complexity index is 579. The van der Waals surface area contributed by atoms with Crippen molar-refractivity contribution in [3.05, 3.63) is 51.6 Å². The minimum Gasteiger partial charge on any atom is -0.356 e. The van der Waals surface area contributed by atoms with E-state index in [1.54, 1.807) is 19.2 Å². The topological polar surface area (TPSA) is 79.6 Å². The molecule has 1 aliphatic carbocycles. The lowest BCUT2D eigenvalue weighted by Crippen LogP contribution is -2.37. The molecule has 0 aliphatic heterocycles. The van der Waals surface area contributed by atoms with Crippen LogP contribution < -0.4 is 10.6 Å². The highest BCUT2D eigenvalue weighted by Crippen LogP contribution is 2.19. The molecule has 0 fully saturated rings. The smallest absolute Gasteiger partial charge is 0.269 e. The van der Waals surface area contributed by atoms with Gasteiger partial charge in [0.05, 0.1) is 4.92 Å². The molecule has 1 aromatic carbocycles. The van der Waals surface area contributed by atoms with Crippen molar-refractivity contribution in [1.29, 1.82) is 0 Å². The fourth-order valence-electron chi connectivity index (χ4n) is 2.62. The van der Waals surface area contributed by atoms with Crippen molar-refractivity contribution in [2.24, 2.45) is 4.99 Å². The van der Waals surface area contributed by atoms with Crippen molar-refractivity contribution in [1.82, 2.24) is 10.6 Å². The first-order chi connectivity index (χ1) is 11.2. The van der Waals surface area contributed by atoms with Crippen LogP contribution >= 0.6 is 0 Å². The molecule has 23 heavy (non-hydrogen) atoms. The van der Waals surface area contributed by atoms with Gasteiger partial charge in [-0.05, 0) is 37.7 Å². The van der Waals surface area contributed by atoms with Gasteiger partial charge in [0.1, 0.15) is 0 Å². The van der Waals surface area contributed by atoms with E-state index < -0.39 is 4.92 Å². The van der Waals surface area contributed by atoms with Crippen molar-refractivity contribution in [3.63, 3.8) is 0 Å². The Morgan fingerprint density at radius 3 is 2.65 bits per heavy atom. The summed E-state index contributed by atoms with van der Waals surface area (Å²) in [6, 6.07) is 6.54. The Labute approximate surface area is 136 Å². The molecule has 0 atom stereocenters. The summed E-state index contributed by atoms with van der Waals surface area (Å²) in [6.45, 7) is 1.45. The number of guanidine groups is 1. The van der Waals surface area contributed by atoms with Crippen molar-refractivity contribution in [2.45, 2.75) is 38.6 Å². The number of hydrogen-bond acceptors (Lipinski definition) is 3. The van der Waals surface area contributed by atoms with Gasteiger partial charge in [0.25, 0.3) is 5.69 Å². The van der Waals surface area contributed by atoms with Crippen molar-refractivity contribution in [3.8, 4) is 0 Å². The number of rotatable bonds is 6. The number of non-ortho nitro benzene ring substituents is 1. The second-order valence-corrected chi connectivity index (χ2v) is 5.63. The SMILES string of the molecule is CN=C(NCCC1=CCCCC1)NCc1ccc([N+](=O)[O-])cc1. The van der Waals surface area contributed by atoms with Crippen LogP contribution in [-0.2, 0) is 6.54 Å². The quantitative estimate of drug-likeness (QED) is 0.278. The zero-order valence-electron chi connectivity index (χ0n) is 13.5. The summed E-state index contributed by atoms with van der Waals surface area (Å²) in [5, 5.41) is 17.2. The molecule has 0 saturated heterocycles. The number of nitro benzene ring substituents is 1. The van der Waals surface area contributed by atoms with E-state index in [4.69, 9.17) is 0 Å². The lowest BCUT2D eigenvalue weighted by molar-refractivity contribution is -0.384. The van der Waals surface area contributed by atoms with Crippen molar-refractivity contribution >= 4 is 11.6 Å². The van der Waals surface area contributed by atoms with E-state index in [0.29, 0.717) is 6.54 Å². The highest BCUT2D eigenvalue weighted by Gasteiger charge is 2.06. The molecular formula is C17H24N4O2. The molecule has 2 N–H and O–H groups in total. The zero-order valence-corrected chi connectivity index (χ0v) is 13.5. The molecule has 0 aromatic heterocycles. The number of nitrogens with zero attached hydrogens (tertiary/aromatic N) is 2. The largest absolute Gasteiger partial charge is 0.356 e. The second kappa shape index (κ2) is 8.92. The molecule has 124 valence electrons. The van der Waals surface area contributed by atoms with E-state index in [-0.39, 0.29) is 5.69 Å². The highest BCUT2D eigenvalue weighted by molar-refractivity contribution is 5.79. The third-order valence-electron chi connectivity index (χ3n) is 3.95. The van der Waals surface area contributed by atoms with Crippen LogP contribution in [0.25, 0.3) is 0 Å². The molecule has 6 heteroatoms. The number of allylic oxidation sites excluding steroid dienone is 1. The fourth-order valence-corrected chi connectivity index (χ4v) is 2.62. The molecule has 6 nitrogen and oxygen atoms in total. The van der Waals surface area contributed by atoms with Crippen molar-refractivity contribution in [2.75, 3.05) is 13.6 Å². The Kier molecular flexibility index (Phi) is 6.59. The zero-order chi connectivity index (χ0) is 16.5. The molecule has 1 aliphatic rings. The molecule has 0 amide bonds. The molecule has 0 unspecified atom stereocenters. The van der Waals surface area contributed by atoms with Gasteiger partial charge >= 0.3 is 0 Å². The van der Waals surface area contributed by atoms with E-state index in [0.717, 1.165) is 24.5 Å². The highest BCUT2D eigenvalue weighted by atomic mass is 16.6. The van der Waals surface area contributed by atoms with Gasteiger partial charge in [0.2, 0.25) is 0 Å². The van der Waals surface area contributed by atoms with Crippen LogP contribution in [0, 0.1) is 10.1 Å². The average molecular weight is 316 g/mol. The third-order valence-corrected chi connectivity index (χ3v) is 3.95. The van der Waals surface area contributed by atoms with E-state index in [2.05, 4.69) is 21.7 Å². The maximum Gasteiger partial charge on any atom is 0.269 e. The minimum atomic E-state index is -0.391. The van der Waals surface area contributed by atoms with Gasteiger partial charge in [-0.25, -0.2) is 0 Å². The van der Waals surface area contributed by atoms with Crippen LogP contribution in [0.1, 0.15) is 37.7 Å². The molecule has 0 heterocycles. The molecule has 1 aromatic rings. The van der Waals surface area contributed by atoms with Gasteiger partial charge in [-0.1, -0.05) is 23.8 Å². The fraction of sp³-hybridized carbons (Fsp3) is 0.471. The molecule has 2 rings (SSSR count). The predicted molar refractivity (Wildman–Crippen MR) is 92.5 cm³/mol. The van der Waals surface area contributed by atoms with E-state index in [1.165, 1.54) is 43.4 Å². The van der Waals surface area contributed by atoms with Gasteiger partial charge in [-0.2, -0.15) is 0 Å². The summed E-state index contributed by atoms with van der Waals surface area (Å²) in [6.07, 6.45) is 8.46. The lowest BCUT2D eigenvalue weighted by Gasteiger charge is -2.15. The van der Waals surface area contributed by atoms with E-state index in [9.17, 15) is 10.1 Å². The normalized spacial score (nSPS) is 15.0. The summed E-state index contributed by atoms with van der Waals surface area (Å²) in [4.78, 5) is 14.4. The molecule has 0 bridgehead atoms. The standard InChI is InChI=1S/C17H24N4O2/c1-18-17(19-12-11-14-5-3-2-4-6-14)20-13-15-7-9-16(10-8-15)21(22)23/h5,7-10H,2-4,6,11-13H2,1H3,(H2,18,19,20). The predicted octanol–water partition coefficient (Wildman–Crippen LogP) is 3.15. The Morgan fingerprint density at radius 1 is 1.26 bits per heavy atom. The van der Waals surface area contributed by atoms with Crippen LogP contribution in [0.3, 0.4) is 0 Å². The van der Waals surface area contributed by atoms with E-state index in [1.807, 2.05) is 0 Å². The van der Waals surface area contributed by atoms with Crippen LogP contribution in [-0.4, -0.2) is 24.5 Å². The number of benzene rings is 1. The molecular weight excluding hydrogens is 292 g/mol. The first-order valence-corrected chi connectivity index (χ1v) is 8.05. The molecule has 0 radical (unpaired) electrons. The first-order valence-electron chi connectivity index (χ1n) is 8.05. The Hall–Kier alpha value is -2.37. The first kappa shape index (κ1) is 17.0. The summed E-state index contributed by atoms with van der Waals surface area (Å²) in [7, 11) is 1.74. The average Bonchev–Trinajstić information content (AvgIpc) is 2.59. The summed E-state index contributed by atoms with van der Waals surface area (Å²) >= 11 is 0. The van der Waals surface area contributed by atoms with Crippen LogP contribution in [0.5, 0.6) is 0 Å². The third kappa shape index (κ3) is 5.73. The van der Waals surface area contributed by atoms with Gasteiger partial charge in [-0.3, -0.25) is 15.1 Å². The Balaban J connectivity index is 1.74. The van der Waals surface area contributed by atoms with Crippen LogP contribution in [0.2, 0.25) is 0 Å². The number of nitro groups is 1. The summed E-state index contributed by atoms with van der Waals surface area (Å²) in [5.74, 6) is 0.750. The lowest BCUT2D eigenvalue weighted by atomic mass is 9.97.